The Kier molecular flexibility index (Phi) is 6.90. The molecule has 1 atom stereocenters. The molecule has 0 aliphatic rings. The normalized spacial score (nSPS) is 12.9. The summed E-state index contributed by atoms with van der Waals surface area (Å²) < 4.78 is 5.01. The standard InChI is InChI=1S/C14H24N2O2/c1-16(8-3-9-18-2)11-14(17)13-6-4-12(10-15)5-7-13/h4-7,14,17H,3,8-11,15H2,1-2H3. The van der Waals surface area contributed by atoms with Crippen LogP contribution in [0.5, 0.6) is 0 Å². The third kappa shape index (κ3) is 5.14. The molecule has 1 rings (SSSR count). The highest BCUT2D eigenvalue weighted by Gasteiger charge is 2.10. The first-order chi connectivity index (χ1) is 8.67. The van der Waals surface area contributed by atoms with Gasteiger partial charge in [-0.15, -0.1) is 0 Å². The van der Waals surface area contributed by atoms with Gasteiger partial charge in [0.25, 0.3) is 0 Å². The molecular weight excluding hydrogens is 228 g/mol. The van der Waals surface area contributed by atoms with E-state index in [1.54, 1.807) is 7.11 Å². The van der Waals surface area contributed by atoms with Crippen LogP contribution in [0, 0.1) is 0 Å². The van der Waals surface area contributed by atoms with Crippen molar-refractivity contribution in [2.75, 3.05) is 33.9 Å². The summed E-state index contributed by atoms with van der Waals surface area (Å²) in [6.45, 7) is 2.84. The second-order valence-electron chi connectivity index (χ2n) is 4.57. The van der Waals surface area contributed by atoms with Crippen LogP contribution in [0.25, 0.3) is 0 Å². The predicted octanol–water partition coefficient (Wildman–Crippen LogP) is 1.15. The maximum atomic E-state index is 10.1. The third-order valence-corrected chi connectivity index (χ3v) is 2.97. The van der Waals surface area contributed by atoms with Gasteiger partial charge in [-0.3, -0.25) is 0 Å². The van der Waals surface area contributed by atoms with Crippen LogP contribution in [0.4, 0.5) is 0 Å². The van der Waals surface area contributed by atoms with Gasteiger partial charge in [-0.1, -0.05) is 24.3 Å². The molecule has 18 heavy (non-hydrogen) atoms. The van der Waals surface area contributed by atoms with Crippen molar-refractivity contribution in [3.63, 3.8) is 0 Å². The molecule has 3 N–H and O–H groups in total. The monoisotopic (exact) mass is 252 g/mol. The fourth-order valence-electron chi connectivity index (χ4n) is 1.85. The largest absolute Gasteiger partial charge is 0.387 e. The zero-order valence-corrected chi connectivity index (χ0v) is 11.3. The molecule has 0 fully saturated rings. The number of aliphatic hydroxyl groups excluding tert-OH is 1. The minimum absolute atomic E-state index is 0.454. The lowest BCUT2D eigenvalue weighted by atomic mass is 10.1. The molecule has 1 aromatic carbocycles. The van der Waals surface area contributed by atoms with Gasteiger partial charge in [0.15, 0.2) is 0 Å². The average molecular weight is 252 g/mol. The van der Waals surface area contributed by atoms with Gasteiger partial charge in [-0.25, -0.2) is 0 Å². The first-order valence-electron chi connectivity index (χ1n) is 6.31. The summed E-state index contributed by atoms with van der Waals surface area (Å²) in [5, 5.41) is 10.1. The molecule has 0 aliphatic carbocycles. The Morgan fingerprint density at radius 2 is 2.00 bits per heavy atom. The van der Waals surface area contributed by atoms with Gasteiger partial charge >= 0.3 is 0 Å². The summed E-state index contributed by atoms with van der Waals surface area (Å²) in [5.41, 5.74) is 7.56. The van der Waals surface area contributed by atoms with Crippen LogP contribution in [0.15, 0.2) is 24.3 Å². The van der Waals surface area contributed by atoms with Crippen molar-refractivity contribution in [1.29, 1.82) is 0 Å². The minimum Gasteiger partial charge on any atom is -0.387 e. The molecule has 102 valence electrons. The van der Waals surface area contributed by atoms with E-state index in [-0.39, 0.29) is 0 Å². The smallest absolute Gasteiger partial charge is 0.0916 e. The number of likely N-dealkylation sites (N-methyl/N-ethyl adjacent to an activating group) is 1. The first kappa shape index (κ1) is 15.1. The number of methoxy groups -OCH3 is 1. The van der Waals surface area contributed by atoms with Crippen molar-refractivity contribution >= 4 is 0 Å². The highest BCUT2D eigenvalue weighted by atomic mass is 16.5. The van der Waals surface area contributed by atoms with Gasteiger partial charge in [-0.05, 0) is 24.6 Å². The molecule has 0 aromatic heterocycles. The minimum atomic E-state index is -0.454. The van der Waals surface area contributed by atoms with E-state index in [2.05, 4.69) is 4.90 Å². The maximum Gasteiger partial charge on any atom is 0.0916 e. The van der Waals surface area contributed by atoms with Crippen LogP contribution in [0.3, 0.4) is 0 Å². The van der Waals surface area contributed by atoms with E-state index >= 15 is 0 Å². The Hall–Kier alpha value is -0.940. The molecule has 0 saturated carbocycles. The van der Waals surface area contributed by atoms with Crippen molar-refractivity contribution in [2.24, 2.45) is 5.73 Å². The van der Waals surface area contributed by atoms with Crippen molar-refractivity contribution in [2.45, 2.75) is 19.1 Å². The number of hydrogen-bond donors (Lipinski definition) is 2. The van der Waals surface area contributed by atoms with E-state index in [0.717, 1.165) is 30.7 Å². The molecule has 1 unspecified atom stereocenters. The molecule has 4 nitrogen and oxygen atoms in total. The molecule has 0 bridgehead atoms. The van der Waals surface area contributed by atoms with Gasteiger partial charge in [0.1, 0.15) is 0 Å². The highest BCUT2D eigenvalue weighted by molar-refractivity contribution is 5.24. The molecule has 0 amide bonds. The van der Waals surface area contributed by atoms with Crippen LogP contribution in [-0.2, 0) is 11.3 Å². The van der Waals surface area contributed by atoms with Gasteiger partial charge < -0.3 is 20.5 Å². The Balaban J connectivity index is 2.40. The van der Waals surface area contributed by atoms with Crippen molar-refractivity contribution in [3.05, 3.63) is 35.4 Å². The van der Waals surface area contributed by atoms with Gasteiger partial charge in [0.05, 0.1) is 6.10 Å². The maximum absolute atomic E-state index is 10.1. The zero-order valence-electron chi connectivity index (χ0n) is 11.3. The van der Waals surface area contributed by atoms with Crippen molar-refractivity contribution in [1.82, 2.24) is 4.90 Å². The van der Waals surface area contributed by atoms with E-state index < -0.39 is 6.10 Å². The number of ether oxygens (including phenoxy) is 1. The van der Waals surface area contributed by atoms with Crippen LogP contribution < -0.4 is 5.73 Å². The fourth-order valence-corrected chi connectivity index (χ4v) is 1.85. The van der Waals surface area contributed by atoms with Crippen LogP contribution in [-0.4, -0.2) is 43.9 Å². The average Bonchev–Trinajstić information content (AvgIpc) is 2.39. The molecule has 0 radical (unpaired) electrons. The number of rotatable bonds is 8. The van der Waals surface area contributed by atoms with E-state index in [1.165, 1.54) is 0 Å². The molecule has 4 heteroatoms. The highest BCUT2D eigenvalue weighted by Crippen LogP contribution is 2.14. The third-order valence-electron chi connectivity index (χ3n) is 2.97. The van der Waals surface area contributed by atoms with Gasteiger partial charge in [0, 0.05) is 33.4 Å². The quantitative estimate of drug-likeness (QED) is 0.681. The predicted molar refractivity (Wildman–Crippen MR) is 73.3 cm³/mol. The van der Waals surface area contributed by atoms with E-state index in [1.807, 2.05) is 31.3 Å². The number of nitrogens with zero attached hydrogens (tertiary/aromatic N) is 1. The van der Waals surface area contributed by atoms with Crippen LogP contribution >= 0.6 is 0 Å². The van der Waals surface area contributed by atoms with Crippen molar-refractivity contribution in [3.8, 4) is 0 Å². The summed E-state index contributed by atoms with van der Waals surface area (Å²) in [5.74, 6) is 0. The number of hydrogen-bond acceptors (Lipinski definition) is 4. The Labute approximate surface area is 109 Å². The summed E-state index contributed by atoms with van der Waals surface area (Å²) in [6, 6.07) is 7.80. The van der Waals surface area contributed by atoms with Gasteiger partial charge in [-0.2, -0.15) is 0 Å². The molecular formula is C14H24N2O2. The van der Waals surface area contributed by atoms with Crippen molar-refractivity contribution < 1.29 is 9.84 Å². The second-order valence-corrected chi connectivity index (χ2v) is 4.57. The van der Waals surface area contributed by atoms with E-state index in [0.29, 0.717) is 13.1 Å². The Bertz CT molecular complexity index is 327. The molecule has 0 saturated heterocycles. The molecule has 0 spiro atoms. The Morgan fingerprint density at radius 3 is 2.56 bits per heavy atom. The molecule has 0 heterocycles. The lowest BCUT2D eigenvalue weighted by Crippen LogP contribution is -2.26. The zero-order chi connectivity index (χ0) is 13.4. The topological polar surface area (TPSA) is 58.7 Å². The first-order valence-corrected chi connectivity index (χ1v) is 6.31. The summed E-state index contributed by atoms with van der Waals surface area (Å²) >= 11 is 0. The number of aliphatic hydroxyl groups is 1. The fraction of sp³-hybridized carbons (Fsp3) is 0.571. The molecule has 0 aliphatic heterocycles. The van der Waals surface area contributed by atoms with Gasteiger partial charge in [0.2, 0.25) is 0 Å². The number of nitrogens with two attached hydrogens (primary N) is 1. The lowest BCUT2D eigenvalue weighted by Gasteiger charge is -2.20. The summed E-state index contributed by atoms with van der Waals surface area (Å²) in [7, 11) is 3.71. The Morgan fingerprint density at radius 1 is 1.33 bits per heavy atom. The summed E-state index contributed by atoms with van der Waals surface area (Å²) in [6.07, 6.45) is 0.524. The van der Waals surface area contributed by atoms with E-state index in [9.17, 15) is 5.11 Å². The van der Waals surface area contributed by atoms with E-state index in [4.69, 9.17) is 10.5 Å². The number of benzene rings is 1. The second kappa shape index (κ2) is 8.21. The van der Waals surface area contributed by atoms with Crippen LogP contribution in [0.1, 0.15) is 23.7 Å². The summed E-state index contributed by atoms with van der Waals surface area (Å²) in [4.78, 5) is 2.11. The SMILES string of the molecule is COCCCN(C)CC(O)c1ccc(CN)cc1. The lowest BCUT2D eigenvalue weighted by molar-refractivity contribution is 0.117. The molecule has 1 aromatic rings. The van der Waals surface area contributed by atoms with Crippen LogP contribution in [0.2, 0.25) is 0 Å².